The SMILES string of the molecule is COC(=O)c1c(-c2ccccc2)csc1NC(=O)CSc1nnc(CC23CC4CC(CC(C4)C2)C3)n1C. The van der Waals surface area contributed by atoms with E-state index in [1.165, 1.54) is 68.7 Å². The molecule has 0 spiro atoms. The van der Waals surface area contributed by atoms with Gasteiger partial charge in [0.1, 0.15) is 16.4 Å². The summed E-state index contributed by atoms with van der Waals surface area (Å²) in [6, 6.07) is 9.63. The van der Waals surface area contributed by atoms with Gasteiger partial charge >= 0.3 is 5.97 Å². The number of carbonyl (C=O) groups is 2. The van der Waals surface area contributed by atoms with Gasteiger partial charge in [0.15, 0.2) is 5.16 Å². The van der Waals surface area contributed by atoms with E-state index in [0.717, 1.165) is 46.3 Å². The van der Waals surface area contributed by atoms with Crippen LogP contribution in [0.2, 0.25) is 0 Å². The van der Waals surface area contributed by atoms with Crippen LogP contribution in [-0.2, 0) is 23.0 Å². The molecule has 1 aromatic carbocycles. The van der Waals surface area contributed by atoms with E-state index in [1.807, 2.05) is 42.8 Å². The number of amides is 1. The maximum absolute atomic E-state index is 12.9. The summed E-state index contributed by atoms with van der Waals surface area (Å²) in [5.41, 5.74) is 2.44. The summed E-state index contributed by atoms with van der Waals surface area (Å²) in [6.45, 7) is 0. The molecule has 2 heterocycles. The summed E-state index contributed by atoms with van der Waals surface area (Å²) in [5, 5.41) is 15.0. The lowest BCUT2D eigenvalue weighted by atomic mass is 9.49. The molecule has 0 atom stereocenters. The second kappa shape index (κ2) is 9.91. The molecular weight excluding hydrogens is 504 g/mol. The van der Waals surface area contributed by atoms with Crippen LogP contribution in [0.4, 0.5) is 5.00 Å². The molecule has 2 aromatic heterocycles. The minimum absolute atomic E-state index is 0.183. The molecule has 4 bridgehead atoms. The van der Waals surface area contributed by atoms with Gasteiger partial charge in [0.25, 0.3) is 0 Å². The van der Waals surface area contributed by atoms with E-state index >= 15 is 0 Å². The normalized spacial score (nSPS) is 25.8. The van der Waals surface area contributed by atoms with Crippen molar-refractivity contribution in [1.82, 2.24) is 14.8 Å². The minimum atomic E-state index is -0.467. The van der Waals surface area contributed by atoms with Gasteiger partial charge < -0.3 is 14.6 Å². The topological polar surface area (TPSA) is 86.1 Å². The molecule has 4 saturated carbocycles. The van der Waals surface area contributed by atoms with Crippen LogP contribution < -0.4 is 5.32 Å². The Hall–Kier alpha value is -2.65. The van der Waals surface area contributed by atoms with Gasteiger partial charge in [-0.3, -0.25) is 4.79 Å². The Balaban J connectivity index is 1.11. The number of carbonyl (C=O) groups excluding carboxylic acids is 2. The van der Waals surface area contributed by atoms with E-state index in [4.69, 9.17) is 4.74 Å². The minimum Gasteiger partial charge on any atom is -0.465 e. The third-order valence-corrected chi connectivity index (χ3v) is 10.4. The van der Waals surface area contributed by atoms with E-state index in [9.17, 15) is 9.59 Å². The molecule has 4 fully saturated rings. The Labute approximate surface area is 225 Å². The maximum Gasteiger partial charge on any atom is 0.341 e. The number of benzene rings is 1. The Morgan fingerprint density at radius 1 is 1.11 bits per heavy atom. The fourth-order valence-corrected chi connectivity index (χ4v) is 9.05. The molecule has 9 heteroatoms. The van der Waals surface area contributed by atoms with Gasteiger partial charge in [-0.05, 0) is 67.3 Å². The van der Waals surface area contributed by atoms with Gasteiger partial charge in [-0.15, -0.1) is 21.5 Å². The molecular formula is C28H32N4O3S2. The average Bonchev–Trinajstić information content (AvgIpc) is 3.45. The monoisotopic (exact) mass is 536 g/mol. The predicted molar refractivity (Wildman–Crippen MR) is 146 cm³/mol. The molecule has 1 N–H and O–H groups in total. The molecule has 3 aromatic rings. The molecule has 4 aliphatic rings. The van der Waals surface area contributed by atoms with Gasteiger partial charge in [-0.25, -0.2) is 4.79 Å². The van der Waals surface area contributed by atoms with E-state index in [2.05, 4.69) is 20.1 Å². The number of hydrogen-bond acceptors (Lipinski definition) is 7. The van der Waals surface area contributed by atoms with Crippen molar-refractivity contribution in [3.05, 3.63) is 47.1 Å². The number of methoxy groups -OCH3 is 1. The largest absolute Gasteiger partial charge is 0.465 e. The molecule has 7 nitrogen and oxygen atoms in total. The first-order valence-electron chi connectivity index (χ1n) is 13.0. The van der Waals surface area contributed by atoms with Gasteiger partial charge in [0, 0.05) is 24.4 Å². The quantitative estimate of drug-likeness (QED) is 0.288. The number of aromatic nitrogens is 3. The van der Waals surface area contributed by atoms with E-state index in [1.54, 1.807) is 0 Å². The number of esters is 1. The highest BCUT2D eigenvalue weighted by Gasteiger charge is 2.51. The summed E-state index contributed by atoms with van der Waals surface area (Å²) < 4.78 is 7.08. The number of nitrogens with zero attached hydrogens (tertiary/aromatic N) is 3. The standard InChI is InChI=1S/C28H32N4O3S2/c1-32-22(14-28-11-17-8-18(12-28)10-19(9-17)13-28)30-31-27(32)37-16-23(33)29-25-24(26(34)35-2)21(15-36-25)20-6-4-3-5-7-20/h3-7,15,17-19H,8-14,16H2,1-2H3,(H,29,33). The maximum atomic E-state index is 12.9. The van der Waals surface area contributed by atoms with E-state index < -0.39 is 5.97 Å². The number of thiophene rings is 1. The Morgan fingerprint density at radius 3 is 2.43 bits per heavy atom. The third-order valence-electron chi connectivity index (χ3n) is 8.47. The summed E-state index contributed by atoms with van der Waals surface area (Å²) in [5.74, 6) is 3.28. The molecule has 0 aliphatic heterocycles. The molecule has 194 valence electrons. The first-order valence-corrected chi connectivity index (χ1v) is 14.9. The van der Waals surface area contributed by atoms with Gasteiger partial charge in [0.05, 0.1) is 12.9 Å². The Morgan fingerprint density at radius 2 is 1.78 bits per heavy atom. The van der Waals surface area contributed by atoms with Crippen molar-refractivity contribution in [1.29, 1.82) is 0 Å². The van der Waals surface area contributed by atoms with Gasteiger partial charge in [-0.2, -0.15) is 0 Å². The van der Waals surface area contributed by atoms with Crippen LogP contribution in [0.5, 0.6) is 0 Å². The molecule has 37 heavy (non-hydrogen) atoms. The number of thioether (sulfide) groups is 1. The van der Waals surface area contributed by atoms with Crippen LogP contribution in [-0.4, -0.2) is 39.5 Å². The number of hydrogen-bond donors (Lipinski definition) is 1. The number of rotatable bonds is 8. The second-order valence-electron chi connectivity index (χ2n) is 11.1. The molecule has 1 amide bonds. The lowest BCUT2D eigenvalue weighted by molar-refractivity contribution is -0.113. The molecule has 0 unspecified atom stereocenters. The fraction of sp³-hybridized carbons (Fsp3) is 0.500. The first-order chi connectivity index (χ1) is 17.9. The molecule has 4 aliphatic carbocycles. The van der Waals surface area contributed by atoms with Crippen molar-refractivity contribution in [2.24, 2.45) is 30.2 Å². The average molecular weight is 537 g/mol. The lowest BCUT2D eigenvalue weighted by Gasteiger charge is -2.56. The van der Waals surface area contributed by atoms with Crippen LogP contribution in [0, 0.1) is 23.2 Å². The molecule has 0 saturated heterocycles. The van der Waals surface area contributed by atoms with Crippen molar-refractivity contribution in [3.8, 4) is 11.1 Å². The molecule has 0 radical (unpaired) electrons. The van der Waals surface area contributed by atoms with Crippen molar-refractivity contribution in [2.75, 3.05) is 18.2 Å². The zero-order valence-electron chi connectivity index (χ0n) is 21.2. The highest BCUT2D eigenvalue weighted by Crippen LogP contribution is 2.61. The zero-order valence-corrected chi connectivity index (χ0v) is 22.9. The van der Waals surface area contributed by atoms with Gasteiger partial charge in [0.2, 0.25) is 5.91 Å². The van der Waals surface area contributed by atoms with Crippen LogP contribution in [0.1, 0.15) is 54.7 Å². The van der Waals surface area contributed by atoms with Crippen LogP contribution in [0.3, 0.4) is 0 Å². The first kappa shape index (κ1) is 24.7. The summed E-state index contributed by atoms with van der Waals surface area (Å²) in [6.07, 6.45) is 9.31. The van der Waals surface area contributed by atoms with Crippen molar-refractivity contribution >= 4 is 40.0 Å². The van der Waals surface area contributed by atoms with Crippen molar-refractivity contribution < 1.29 is 14.3 Å². The highest BCUT2D eigenvalue weighted by atomic mass is 32.2. The Bertz CT molecular complexity index is 1280. The number of ether oxygens (including phenoxy) is 1. The van der Waals surface area contributed by atoms with Crippen LogP contribution in [0.25, 0.3) is 11.1 Å². The van der Waals surface area contributed by atoms with Crippen LogP contribution in [0.15, 0.2) is 40.9 Å². The summed E-state index contributed by atoms with van der Waals surface area (Å²) >= 11 is 2.70. The lowest BCUT2D eigenvalue weighted by Crippen LogP contribution is -2.47. The van der Waals surface area contributed by atoms with E-state index in [-0.39, 0.29) is 11.7 Å². The zero-order chi connectivity index (χ0) is 25.6. The fourth-order valence-electron chi connectivity index (χ4n) is 7.34. The number of anilines is 1. The van der Waals surface area contributed by atoms with Crippen LogP contribution >= 0.6 is 23.1 Å². The summed E-state index contributed by atoms with van der Waals surface area (Å²) in [4.78, 5) is 25.4. The van der Waals surface area contributed by atoms with Crippen molar-refractivity contribution in [2.45, 2.75) is 50.1 Å². The Kier molecular flexibility index (Phi) is 6.61. The van der Waals surface area contributed by atoms with E-state index in [0.29, 0.717) is 16.0 Å². The summed E-state index contributed by atoms with van der Waals surface area (Å²) in [7, 11) is 3.36. The number of nitrogens with one attached hydrogen (secondary N) is 1. The van der Waals surface area contributed by atoms with Gasteiger partial charge in [-0.1, -0.05) is 42.1 Å². The smallest absolute Gasteiger partial charge is 0.341 e. The van der Waals surface area contributed by atoms with Crippen molar-refractivity contribution in [3.63, 3.8) is 0 Å². The predicted octanol–water partition coefficient (Wildman–Crippen LogP) is 5.82. The third kappa shape index (κ3) is 4.83. The second-order valence-corrected chi connectivity index (χ2v) is 12.9. The highest BCUT2D eigenvalue weighted by molar-refractivity contribution is 7.99. The molecule has 7 rings (SSSR count).